The van der Waals surface area contributed by atoms with Gasteiger partial charge in [-0.2, -0.15) is 0 Å². The Bertz CT molecular complexity index is 688. The minimum absolute atomic E-state index is 0.00154. The fourth-order valence-electron chi connectivity index (χ4n) is 1.83. The van der Waals surface area contributed by atoms with Gasteiger partial charge in [0, 0.05) is 6.21 Å². The van der Waals surface area contributed by atoms with E-state index in [4.69, 9.17) is 23.2 Å². The Labute approximate surface area is 135 Å². The number of benzene rings is 2. The highest BCUT2D eigenvalue weighted by Crippen LogP contribution is 2.32. The van der Waals surface area contributed by atoms with Gasteiger partial charge in [-0.1, -0.05) is 56.1 Å². The lowest BCUT2D eigenvalue weighted by Crippen LogP contribution is -2.10. The lowest BCUT2D eigenvalue weighted by atomic mass is 9.87. The van der Waals surface area contributed by atoms with Gasteiger partial charge in [0.05, 0.1) is 10.0 Å². The molecule has 21 heavy (non-hydrogen) atoms. The molecule has 0 bridgehead atoms. The van der Waals surface area contributed by atoms with Crippen molar-refractivity contribution in [1.82, 2.24) is 0 Å². The smallest absolute Gasteiger partial charge is 0.141 e. The largest absolute Gasteiger partial charge is 0.506 e. The summed E-state index contributed by atoms with van der Waals surface area (Å²) in [6.07, 6.45) is 1.66. The number of rotatable bonds is 2. The van der Waals surface area contributed by atoms with Crippen LogP contribution in [0.3, 0.4) is 0 Å². The molecule has 110 valence electrons. The molecule has 4 heteroatoms. The van der Waals surface area contributed by atoms with Gasteiger partial charge in [-0.15, -0.1) is 0 Å². The molecule has 2 aromatic carbocycles. The van der Waals surface area contributed by atoms with Gasteiger partial charge >= 0.3 is 0 Å². The van der Waals surface area contributed by atoms with Gasteiger partial charge in [0.25, 0.3) is 0 Å². The van der Waals surface area contributed by atoms with E-state index in [0.717, 1.165) is 11.1 Å². The van der Waals surface area contributed by atoms with Crippen molar-refractivity contribution in [3.05, 3.63) is 57.6 Å². The number of phenols is 1. The van der Waals surface area contributed by atoms with Gasteiger partial charge < -0.3 is 5.11 Å². The van der Waals surface area contributed by atoms with Crippen LogP contribution in [0, 0.1) is 0 Å². The minimum Gasteiger partial charge on any atom is -0.506 e. The van der Waals surface area contributed by atoms with E-state index in [1.807, 2.05) is 18.2 Å². The second-order valence-electron chi connectivity index (χ2n) is 5.89. The maximum Gasteiger partial charge on any atom is 0.141 e. The van der Waals surface area contributed by atoms with Crippen molar-refractivity contribution < 1.29 is 5.11 Å². The summed E-state index contributed by atoms with van der Waals surface area (Å²) in [5, 5.41) is 10.9. The van der Waals surface area contributed by atoms with Crippen molar-refractivity contribution in [2.24, 2.45) is 4.99 Å². The van der Waals surface area contributed by atoms with Crippen molar-refractivity contribution in [2.75, 3.05) is 0 Å². The average molecular weight is 322 g/mol. The summed E-state index contributed by atoms with van der Waals surface area (Å²) in [5.41, 5.74) is 2.47. The zero-order valence-electron chi connectivity index (χ0n) is 12.2. The highest BCUT2D eigenvalue weighted by Gasteiger charge is 2.15. The summed E-state index contributed by atoms with van der Waals surface area (Å²) in [4.78, 5) is 4.34. The molecule has 2 aromatic rings. The van der Waals surface area contributed by atoms with Crippen LogP contribution in [0.1, 0.15) is 31.9 Å². The molecule has 2 nitrogen and oxygen atoms in total. The highest BCUT2D eigenvalue weighted by molar-refractivity contribution is 6.42. The van der Waals surface area contributed by atoms with Crippen LogP contribution in [0.5, 0.6) is 5.75 Å². The molecule has 0 fully saturated rings. The van der Waals surface area contributed by atoms with E-state index >= 15 is 0 Å². The number of phenolic OH excluding ortho intramolecular Hbond substituents is 1. The van der Waals surface area contributed by atoms with Gasteiger partial charge in [-0.05, 0) is 40.8 Å². The molecule has 0 heterocycles. The third-order valence-corrected chi connectivity index (χ3v) is 3.88. The maximum atomic E-state index is 9.92. The van der Waals surface area contributed by atoms with Crippen LogP contribution in [0.25, 0.3) is 0 Å². The van der Waals surface area contributed by atoms with E-state index < -0.39 is 0 Å². The highest BCUT2D eigenvalue weighted by atomic mass is 35.5. The summed E-state index contributed by atoms with van der Waals surface area (Å²) in [7, 11) is 0. The van der Waals surface area contributed by atoms with Gasteiger partial charge in [-0.25, -0.2) is 0 Å². The van der Waals surface area contributed by atoms with Crippen LogP contribution in [-0.4, -0.2) is 11.3 Å². The second-order valence-corrected chi connectivity index (χ2v) is 6.70. The Morgan fingerprint density at radius 1 is 1.00 bits per heavy atom. The Balaban J connectivity index is 2.34. The molecule has 0 aliphatic heterocycles. The lowest BCUT2D eigenvalue weighted by molar-refractivity contribution is 0.475. The van der Waals surface area contributed by atoms with Crippen LogP contribution in [0.4, 0.5) is 5.69 Å². The fraction of sp³-hybridized carbons (Fsp3) is 0.235. The molecule has 0 spiro atoms. The number of aromatic hydroxyl groups is 1. The molecule has 0 atom stereocenters. The number of halogens is 2. The van der Waals surface area contributed by atoms with Crippen molar-refractivity contribution in [1.29, 1.82) is 0 Å². The first-order valence-electron chi connectivity index (χ1n) is 6.60. The van der Waals surface area contributed by atoms with E-state index in [9.17, 15) is 5.11 Å². The number of hydrogen-bond donors (Lipinski definition) is 1. The summed E-state index contributed by atoms with van der Waals surface area (Å²) < 4.78 is 0. The summed E-state index contributed by atoms with van der Waals surface area (Å²) in [6, 6.07) is 10.7. The quantitative estimate of drug-likeness (QED) is 0.702. The van der Waals surface area contributed by atoms with Crippen molar-refractivity contribution in [3.8, 4) is 5.75 Å². The molecule has 0 radical (unpaired) electrons. The molecule has 2 rings (SSSR count). The van der Waals surface area contributed by atoms with Crippen LogP contribution in [-0.2, 0) is 5.41 Å². The number of nitrogens with zero attached hydrogens (tertiary/aromatic N) is 1. The fourth-order valence-corrected chi connectivity index (χ4v) is 2.14. The maximum absolute atomic E-state index is 9.92. The van der Waals surface area contributed by atoms with Crippen molar-refractivity contribution in [2.45, 2.75) is 26.2 Å². The Morgan fingerprint density at radius 2 is 1.71 bits per heavy atom. The van der Waals surface area contributed by atoms with E-state index in [1.165, 1.54) is 0 Å². The lowest BCUT2D eigenvalue weighted by Gasteiger charge is -2.19. The molecule has 0 saturated heterocycles. The van der Waals surface area contributed by atoms with Gasteiger partial charge in [-0.3, -0.25) is 4.99 Å². The monoisotopic (exact) mass is 321 g/mol. The van der Waals surface area contributed by atoms with Crippen molar-refractivity contribution in [3.63, 3.8) is 0 Å². The molecule has 0 unspecified atom stereocenters. The molecule has 0 aliphatic rings. The normalized spacial score (nSPS) is 12.0. The zero-order valence-corrected chi connectivity index (χ0v) is 13.7. The van der Waals surface area contributed by atoms with E-state index in [2.05, 4.69) is 25.8 Å². The third-order valence-electron chi connectivity index (χ3n) is 3.14. The average Bonchev–Trinajstić information content (AvgIpc) is 2.40. The minimum atomic E-state index is 0.00154. The summed E-state index contributed by atoms with van der Waals surface area (Å²) >= 11 is 11.8. The predicted octanol–water partition coefficient (Wildman–Crippen LogP) is 5.75. The van der Waals surface area contributed by atoms with Gasteiger partial charge in [0.2, 0.25) is 0 Å². The first-order valence-corrected chi connectivity index (χ1v) is 7.35. The van der Waals surface area contributed by atoms with Crippen molar-refractivity contribution >= 4 is 35.1 Å². The number of aliphatic imine (C=N–C) groups is 1. The standard InChI is InChI=1S/C17H17Cl2NO/c1-17(2,3)12-5-7-16(21)15(9-12)20-10-11-4-6-13(18)14(19)8-11/h4-10,21H,1-3H3. The van der Waals surface area contributed by atoms with E-state index in [1.54, 1.807) is 24.4 Å². The molecule has 0 amide bonds. The number of hydrogen-bond acceptors (Lipinski definition) is 2. The molecule has 0 aliphatic carbocycles. The summed E-state index contributed by atoms with van der Waals surface area (Å²) in [6.45, 7) is 6.35. The van der Waals surface area contributed by atoms with Crippen LogP contribution in [0.15, 0.2) is 41.4 Å². The third kappa shape index (κ3) is 3.99. The zero-order chi connectivity index (χ0) is 15.6. The Kier molecular flexibility index (Phi) is 4.60. The van der Waals surface area contributed by atoms with E-state index in [0.29, 0.717) is 15.7 Å². The molecule has 0 aromatic heterocycles. The molecule has 0 saturated carbocycles. The molecular formula is C17H17Cl2NO. The summed E-state index contributed by atoms with van der Waals surface area (Å²) in [5.74, 6) is 0.152. The Morgan fingerprint density at radius 3 is 2.33 bits per heavy atom. The van der Waals surface area contributed by atoms with E-state index in [-0.39, 0.29) is 11.2 Å². The van der Waals surface area contributed by atoms with Crippen LogP contribution < -0.4 is 0 Å². The SMILES string of the molecule is CC(C)(C)c1ccc(O)c(N=Cc2ccc(Cl)c(Cl)c2)c1. The van der Waals surface area contributed by atoms with Crippen LogP contribution >= 0.6 is 23.2 Å². The molecular weight excluding hydrogens is 305 g/mol. The first kappa shape index (κ1) is 15.9. The topological polar surface area (TPSA) is 32.6 Å². The molecule has 1 N–H and O–H groups in total. The first-order chi connectivity index (χ1) is 9.77. The Hall–Kier alpha value is -1.51. The van der Waals surface area contributed by atoms with Gasteiger partial charge in [0.1, 0.15) is 11.4 Å². The van der Waals surface area contributed by atoms with Crippen LogP contribution in [0.2, 0.25) is 10.0 Å². The second kappa shape index (κ2) is 6.08. The predicted molar refractivity (Wildman–Crippen MR) is 90.5 cm³/mol. The van der Waals surface area contributed by atoms with Gasteiger partial charge in [0.15, 0.2) is 0 Å².